The van der Waals surface area contributed by atoms with Crippen molar-refractivity contribution in [3.05, 3.63) is 42.5 Å². The van der Waals surface area contributed by atoms with Crippen LogP contribution in [0.15, 0.2) is 46.9 Å². The summed E-state index contributed by atoms with van der Waals surface area (Å²) >= 11 is 0. The van der Waals surface area contributed by atoms with Gasteiger partial charge >= 0.3 is 0 Å². The number of rotatable bonds is 4. The van der Waals surface area contributed by atoms with E-state index in [9.17, 15) is 0 Å². The Morgan fingerprint density at radius 2 is 1.84 bits per heavy atom. The third kappa shape index (κ3) is 2.30. The molecule has 0 fully saturated rings. The average Bonchev–Trinajstić information content (AvgIpc) is 2.77. The summed E-state index contributed by atoms with van der Waals surface area (Å²) in [6.07, 6.45) is 2.38. The molecule has 0 radical (unpaired) electrons. The predicted octanol–water partition coefficient (Wildman–Crippen LogP) is 5.19. The monoisotopic (exact) mass is 253 g/mol. The SMILES string of the molecule is CCCC(C)Nc1ccc2oc3ccccc3c2c1. The summed E-state index contributed by atoms with van der Waals surface area (Å²) in [5.41, 5.74) is 3.08. The number of fused-ring (bicyclic) bond motifs is 3. The Kier molecular flexibility index (Phi) is 3.16. The molecule has 0 saturated heterocycles. The number of furan rings is 1. The highest BCUT2D eigenvalue weighted by molar-refractivity contribution is 6.05. The topological polar surface area (TPSA) is 25.2 Å². The van der Waals surface area contributed by atoms with Crippen molar-refractivity contribution in [2.24, 2.45) is 0 Å². The number of benzene rings is 2. The maximum absolute atomic E-state index is 5.83. The third-order valence-electron chi connectivity index (χ3n) is 3.51. The summed E-state index contributed by atoms with van der Waals surface area (Å²) in [4.78, 5) is 0. The van der Waals surface area contributed by atoms with Crippen LogP contribution in [0.5, 0.6) is 0 Å². The van der Waals surface area contributed by atoms with Gasteiger partial charge in [-0.25, -0.2) is 0 Å². The van der Waals surface area contributed by atoms with Gasteiger partial charge in [-0.15, -0.1) is 0 Å². The summed E-state index contributed by atoms with van der Waals surface area (Å²) in [6, 6.07) is 15.0. The van der Waals surface area contributed by atoms with Gasteiger partial charge < -0.3 is 9.73 Å². The summed E-state index contributed by atoms with van der Waals surface area (Å²) in [5.74, 6) is 0. The van der Waals surface area contributed by atoms with E-state index in [0.717, 1.165) is 11.2 Å². The highest BCUT2D eigenvalue weighted by Gasteiger charge is 2.07. The van der Waals surface area contributed by atoms with Gasteiger partial charge in [-0.3, -0.25) is 0 Å². The summed E-state index contributed by atoms with van der Waals surface area (Å²) < 4.78 is 5.83. The Balaban J connectivity index is 2.02. The van der Waals surface area contributed by atoms with Gasteiger partial charge in [0.15, 0.2) is 0 Å². The van der Waals surface area contributed by atoms with E-state index in [4.69, 9.17) is 4.42 Å². The fraction of sp³-hybridized carbons (Fsp3) is 0.294. The van der Waals surface area contributed by atoms with E-state index in [1.165, 1.54) is 29.3 Å². The lowest BCUT2D eigenvalue weighted by Crippen LogP contribution is -2.14. The van der Waals surface area contributed by atoms with Gasteiger partial charge in [-0.05, 0) is 37.6 Å². The van der Waals surface area contributed by atoms with E-state index in [2.05, 4.69) is 49.5 Å². The van der Waals surface area contributed by atoms with E-state index in [-0.39, 0.29) is 0 Å². The van der Waals surface area contributed by atoms with Crippen molar-refractivity contribution in [2.45, 2.75) is 32.7 Å². The van der Waals surface area contributed by atoms with E-state index < -0.39 is 0 Å². The number of hydrogen-bond donors (Lipinski definition) is 1. The van der Waals surface area contributed by atoms with Crippen molar-refractivity contribution in [2.75, 3.05) is 5.32 Å². The van der Waals surface area contributed by atoms with Gasteiger partial charge in [0.2, 0.25) is 0 Å². The Bertz CT molecular complexity index is 699. The zero-order valence-electron chi connectivity index (χ0n) is 11.4. The smallest absolute Gasteiger partial charge is 0.135 e. The number of para-hydroxylation sites is 1. The molecule has 1 unspecified atom stereocenters. The van der Waals surface area contributed by atoms with Gasteiger partial charge in [0.05, 0.1) is 0 Å². The van der Waals surface area contributed by atoms with Crippen LogP contribution >= 0.6 is 0 Å². The second kappa shape index (κ2) is 4.96. The van der Waals surface area contributed by atoms with Crippen molar-refractivity contribution in [3.8, 4) is 0 Å². The number of nitrogens with one attached hydrogen (secondary N) is 1. The van der Waals surface area contributed by atoms with E-state index in [1.807, 2.05) is 12.1 Å². The normalized spacial score (nSPS) is 12.9. The minimum absolute atomic E-state index is 0.501. The fourth-order valence-electron chi connectivity index (χ4n) is 2.61. The van der Waals surface area contributed by atoms with Crippen LogP contribution in [0.25, 0.3) is 21.9 Å². The Labute approximate surface area is 113 Å². The first-order valence-corrected chi connectivity index (χ1v) is 6.96. The summed E-state index contributed by atoms with van der Waals surface area (Å²) in [6.45, 7) is 4.44. The molecule has 1 atom stereocenters. The lowest BCUT2D eigenvalue weighted by Gasteiger charge is -2.14. The third-order valence-corrected chi connectivity index (χ3v) is 3.51. The average molecular weight is 253 g/mol. The molecule has 1 aromatic heterocycles. The predicted molar refractivity (Wildman–Crippen MR) is 81.7 cm³/mol. The molecular formula is C17H19NO. The van der Waals surface area contributed by atoms with E-state index >= 15 is 0 Å². The second-order valence-corrected chi connectivity index (χ2v) is 5.14. The van der Waals surface area contributed by atoms with Crippen molar-refractivity contribution in [1.29, 1.82) is 0 Å². The molecule has 0 aliphatic rings. The van der Waals surface area contributed by atoms with Crippen molar-refractivity contribution < 1.29 is 4.42 Å². The van der Waals surface area contributed by atoms with Gasteiger partial charge in [-0.1, -0.05) is 31.5 Å². The van der Waals surface area contributed by atoms with Crippen LogP contribution in [0.4, 0.5) is 5.69 Å². The molecule has 0 bridgehead atoms. The van der Waals surface area contributed by atoms with Gasteiger partial charge in [0.25, 0.3) is 0 Å². The molecular weight excluding hydrogens is 234 g/mol. The molecule has 3 aromatic rings. The molecule has 98 valence electrons. The molecule has 1 heterocycles. The molecule has 19 heavy (non-hydrogen) atoms. The van der Waals surface area contributed by atoms with Gasteiger partial charge in [0, 0.05) is 22.5 Å². The fourth-order valence-corrected chi connectivity index (χ4v) is 2.61. The standard InChI is InChI=1S/C17H19NO/c1-3-6-12(2)18-13-9-10-17-15(11-13)14-7-4-5-8-16(14)19-17/h4-5,7-12,18H,3,6H2,1-2H3. The molecule has 0 saturated carbocycles. The molecule has 2 heteroatoms. The van der Waals surface area contributed by atoms with E-state index in [0.29, 0.717) is 6.04 Å². The number of anilines is 1. The molecule has 2 nitrogen and oxygen atoms in total. The lowest BCUT2D eigenvalue weighted by molar-refractivity contribution is 0.668. The van der Waals surface area contributed by atoms with Gasteiger partial charge in [-0.2, -0.15) is 0 Å². The molecule has 1 N–H and O–H groups in total. The lowest BCUT2D eigenvalue weighted by atomic mass is 10.1. The Morgan fingerprint density at radius 3 is 2.68 bits per heavy atom. The van der Waals surface area contributed by atoms with Crippen LogP contribution in [0.3, 0.4) is 0 Å². The summed E-state index contributed by atoms with van der Waals surface area (Å²) in [7, 11) is 0. The highest BCUT2D eigenvalue weighted by atomic mass is 16.3. The minimum Gasteiger partial charge on any atom is -0.456 e. The maximum Gasteiger partial charge on any atom is 0.135 e. The summed E-state index contributed by atoms with van der Waals surface area (Å²) in [5, 5.41) is 5.92. The first-order valence-electron chi connectivity index (χ1n) is 6.96. The van der Waals surface area contributed by atoms with Crippen molar-refractivity contribution in [1.82, 2.24) is 0 Å². The zero-order chi connectivity index (χ0) is 13.2. The Hall–Kier alpha value is -1.96. The Morgan fingerprint density at radius 1 is 1.05 bits per heavy atom. The van der Waals surface area contributed by atoms with Crippen LogP contribution in [0.1, 0.15) is 26.7 Å². The zero-order valence-corrected chi connectivity index (χ0v) is 11.4. The van der Waals surface area contributed by atoms with Crippen molar-refractivity contribution >= 4 is 27.6 Å². The van der Waals surface area contributed by atoms with E-state index in [1.54, 1.807) is 0 Å². The molecule has 0 aliphatic heterocycles. The van der Waals surface area contributed by atoms with Crippen LogP contribution in [-0.2, 0) is 0 Å². The molecule has 0 aliphatic carbocycles. The molecule has 3 rings (SSSR count). The first kappa shape index (κ1) is 12.1. The molecule has 0 amide bonds. The van der Waals surface area contributed by atoms with Crippen LogP contribution in [0, 0.1) is 0 Å². The van der Waals surface area contributed by atoms with Crippen molar-refractivity contribution in [3.63, 3.8) is 0 Å². The first-order chi connectivity index (χ1) is 9.28. The molecule has 0 spiro atoms. The molecule has 2 aromatic carbocycles. The second-order valence-electron chi connectivity index (χ2n) is 5.14. The quantitative estimate of drug-likeness (QED) is 0.692. The van der Waals surface area contributed by atoms with Crippen LogP contribution in [-0.4, -0.2) is 6.04 Å². The largest absolute Gasteiger partial charge is 0.456 e. The highest BCUT2D eigenvalue weighted by Crippen LogP contribution is 2.30. The maximum atomic E-state index is 5.83. The van der Waals surface area contributed by atoms with Crippen LogP contribution in [0.2, 0.25) is 0 Å². The minimum atomic E-state index is 0.501. The van der Waals surface area contributed by atoms with Crippen LogP contribution < -0.4 is 5.32 Å². The number of hydrogen-bond acceptors (Lipinski definition) is 2. The van der Waals surface area contributed by atoms with Gasteiger partial charge in [0.1, 0.15) is 11.2 Å².